The zero-order valence-corrected chi connectivity index (χ0v) is 14.4. The first-order chi connectivity index (χ1) is 10.0. The third kappa shape index (κ3) is 4.17. The molecule has 0 spiro atoms. The Labute approximate surface area is 133 Å². The van der Waals surface area contributed by atoms with E-state index >= 15 is 0 Å². The number of nitrogens with one attached hydrogen (secondary N) is 1. The van der Waals surface area contributed by atoms with Gasteiger partial charge in [0.15, 0.2) is 0 Å². The van der Waals surface area contributed by atoms with E-state index in [0.717, 1.165) is 12.6 Å². The summed E-state index contributed by atoms with van der Waals surface area (Å²) in [5, 5.41) is 3.62. The van der Waals surface area contributed by atoms with E-state index in [9.17, 15) is 0 Å². The average Bonchev–Trinajstić information content (AvgIpc) is 3.25. The van der Waals surface area contributed by atoms with Gasteiger partial charge >= 0.3 is 0 Å². The van der Waals surface area contributed by atoms with Gasteiger partial charge in [-0.05, 0) is 49.4 Å². The second kappa shape index (κ2) is 6.21. The summed E-state index contributed by atoms with van der Waals surface area (Å²) in [6.07, 6.45) is 3.98. The normalized spacial score (nSPS) is 22.1. The SMILES string of the molecule is Cc1cc(N2CCSC(C)(C)CC2)ccc1CNC1CC1. The molecule has 1 saturated heterocycles. The molecule has 1 aliphatic carbocycles. The molecule has 1 saturated carbocycles. The molecule has 0 amide bonds. The third-order valence-corrected chi connectivity index (χ3v) is 6.06. The van der Waals surface area contributed by atoms with Crippen molar-refractivity contribution in [3.8, 4) is 0 Å². The molecule has 2 nitrogen and oxygen atoms in total. The third-order valence-electron chi connectivity index (χ3n) is 4.69. The summed E-state index contributed by atoms with van der Waals surface area (Å²) in [6, 6.07) is 7.81. The fraction of sp³-hybridized carbons (Fsp3) is 0.667. The van der Waals surface area contributed by atoms with Gasteiger partial charge in [-0.25, -0.2) is 0 Å². The van der Waals surface area contributed by atoms with Crippen LogP contribution in [0.5, 0.6) is 0 Å². The van der Waals surface area contributed by atoms with Crippen molar-refractivity contribution in [3.63, 3.8) is 0 Å². The maximum Gasteiger partial charge on any atom is 0.0369 e. The first-order valence-corrected chi connectivity index (χ1v) is 9.24. The molecule has 3 rings (SSSR count). The quantitative estimate of drug-likeness (QED) is 0.906. The topological polar surface area (TPSA) is 15.3 Å². The van der Waals surface area contributed by atoms with Gasteiger partial charge in [0, 0.05) is 41.9 Å². The average molecular weight is 305 g/mol. The molecule has 2 aliphatic rings. The molecule has 1 heterocycles. The lowest BCUT2D eigenvalue weighted by Gasteiger charge is -2.25. The van der Waals surface area contributed by atoms with Crippen molar-refractivity contribution < 1.29 is 0 Å². The number of hydrogen-bond donors (Lipinski definition) is 1. The van der Waals surface area contributed by atoms with Crippen LogP contribution in [0.3, 0.4) is 0 Å². The number of rotatable bonds is 4. The van der Waals surface area contributed by atoms with Crippen molar-refractivity contribution in [2.45, 2.75) is 57.4 Å². The van der Waals surface area contributed by atoms with Crippen LogP contribution in [0.25, 0.3) is 0 Å². The van der Waals surface area contributed by atoms with Crippen LogP contribution >= 0.6 is 11.8 Å². The molecule has 3 heteroatoms. The summed E-state index contributed by atoms with van der Waals surface area (Å²) in [5.41, 5.74) is 4.29. The smallest absolute Gasteiger partial charge is 0.0369 e. The van der Waals surface area contributed by atoms with Crippen LogP contribution < -0.4 is 10.2 Å². The molecule has 0 aromatic heterocycles. The van der Waals surface area contributed by atoms with E-state index in [1.54, 1.807) is 0 Å². The van der Waals surface area contributed by atoms with Crippen LogP contribution in [-0.4, -0.2) is 29.6 Å². The number of hydrogen-bond acceptors (Lipinski definition) is 3. The van der Waals surface area contributed by atoms with Crippen LogP contribution in [0.2, 0.25) is 0 Å². The van der Waals surface area contributed by atoms with Gasteiger partial charge in [0.2, 0.25) is 0 Å². The summed E-state index contributed by atoms with van der Waals surface area (Å²) in [5.74, 6) is 1.23. The number of nitrogens with zero attached hydrogens (tertiary/aromatic N) is 1. The van der Waals surface area contributed by atoms with Gasteiger partial charge < -0.3 is 10.2 Å². The van der Waals surface area contributed by atoms with E-state index in [2.05, 4.69) is 60.9 Å². The van der Waals surface area contributed by atoms with Crippen LogP contribution in [0.4, 0.5) is 5.69 Å². The zero-order valence-electron chi connectivity index (χ0n) is 13.6. The van der Waals surface area contributed by atoms with E-state index in [1.165, 1.54) is 54.9 Å². The van der Waals surface area contributed by atoms with Gasteiger partial charge in [-0.1, -0.05) is 19.9 Å². The van der Waals surface area contributed by atoms with E-state index < -0.39 is 0 Å². The maximum absolute atomic E-state index is 3.62. The van der Waals surface area contributed by atoms with Crippen molar-refractivity contribution in [2.24, 2.45) is 0 Å². The van der Waals surface area contributed by atoms with Crippen LogP contribution in [0.1, 0.15) is 44.2 Å². The highest BCUT2D eigenvalue weighted by Crippen LogP contribution is 2.32. The van der Waals surface area contributed by atoms with Crippen molar-refractivity contribution in [2.75, 3.05) is 23.7 Å². The Hall–Kier alpha value is -0.670. The van der Waals surface area contributed by atoms with Gasteiger partial charge in [-0.15, -0.1) is 0 Å². The summed E-state index contributed by atoms with van der Waals surface area (Å²) >= 11 is 2.11. The molecular formula is C18H28N2S. The molecule has 1 N–H and O–H groups in total. The Morgan fingerprint density at radius 2 is 2.10 bits per heavy atom. The Morgan fingerprint density at radius 3 is 2.81 bits per heavy atom. The number of thioether (sulfide) groups is 1. The molecule has 0 radical (unpaired) electrons. The number of anilines is 1. The fourth-order valence-electron chi connectivity index (χ4n) is 2.90. The standard InChI is InChI=1S/C18H28N2S/c1-14-12-17(7-4-15(14)13-19-16-5-6-16)20-9-8-18(2,3)21-11-10-20/h4,7,12,16,19H,5-6,8-11,13H2,1-3H3. The summed E-state index contributed by atoms with van der Waals surface area (Å²) in [7, 11) is 0. The van der Waals surface area contributed by atoms with Crippen molar-refractivity contribution in [1.82, 2.24) is 5.32 Å². The second-order valence-electron chi connectivity index (χ2n) is 7.11. The fourth-order valence-corrected chi connectivity index (χ4v) is 4.00. The molecule has 1 aliphatic heterocycles. The van der Waals surface area contributed by atoms with Gasteiger partial charge in [0.1, 0.15) is 0 Å². The molecule has 0 atom stereocenters. The minimum atomic E-state index is 0.428. The van der Waals surface area contributed by atoms with Gasteiger partial charge in [-0.3, -0.25) is 0 Å². The summed E-state index contributed by atoms with van der Waals surface area (Å²) in [4.78, 5) is 2.56. The monoisotopic (exact) mass is 304 g/mol. The van der Waals surface area contributed by atoms with Crippen molar-refractivity contribution >= 4 is 17.4 Å². The predicted molar refractivity (Wildman–Crippen MR) is 94.4 cm³/mol. The highest BCUT2D eigenvalue weighted by Gasteiger charge is 2.24. The highest BCUT2D eigenvalue weighted by atomic mass is 32.2. The maximum atomic E-state index is 3.62. The first-order valence-electron chi connectivity index (χ1n) is 8.25. The van der Waals surface area contributed by atoms with Crippen molar-refractivity contribution in [1.29, 1.82) is 0 Å². The lowest BCUT2D eigenvalue weighted by atomic mass is 10.1. The van der Waals surface area contributed by atoms with Crippen molar-refractivity contribution in [3.05, 3.63) is 29.3 Å². The molecular weight excluding hydrogens is 276 g/mol. The lowest BCUT2D eigenvalue weighted by Crippen LogP contribution is -2.27. The largest absolute Gasteiger partial charge is 0.371 e. The molecule has 0 unspecified atom stereocenters. The molecule has 0 bridgehead atoms. The Morgan fingerprint density at radius 1 is 1.29 bits per heavy atom. The van der Waals surface area contributed by atoms with Gasteiger partial charge in [-0.2, -0.15) is 11.8 Å². The van der Waals surface area contributed by atoms with E-state index in [4.69, 9.17) is 0 Å². The predicted octanol–water partition coefficient (Wildman–Crippen LogP) is 3.97. The van der Waals surface area contributed by atoms with E-state index in [1.807, 2.05) is 0 Å². The van der Waals surface area contributed by atoms with Gasteiger partial charge in [0.25, 0.3) is 0 Å². The zero-order chi connectivity index (χ0) is 14.9. The lowest BCUT2D eigenvalue weighted by molar-refractivity contribution is 0.637. The Balaban J connectivity index is 1.65. The van der Waals surface area contributed by atoms with E-state index in [0.29, 0.717) is 4.75 Å². The Kier molecular flexibility index (Phi) is 4.51. The first kappa shape index (κ1) is 15.2. The Bertz CT molecular complexity index is 494. The van der Waals surface area contributed by atoms with Gasteiger partial charge in [0.05, 0.1) is 0 Å². The van der Waals surface area contributed by atoms with E-state index in [-0.39, 0.29) is 0 Å². The van der Waals surface area contributed by atoms with Crippen LogP contribution in [0, 0.1) is 6.92 Å². The number of benzene rings is 1. The van der Waals surface area contributed by atoms with Crippen LogP contribution in [0.15, 0.2) is 18.2 Å². The minimum Gasteiger partial charge on any atom is -0.371 e. The molecule has 2 fully saturated rings. The second-order valence-corrected chi connectivity index (χ2v) is 8.91. The number of aryl methyl sites for hydroxylation is 1. The summed E-state index contributed by atoms with van der Waals surface area (Å²) in [6.45, 7) is 10.4. The molecule has 116 valence electrons. The molecule has 1 aromatic rings. The highest BCUT2D eigenvalue weighted by molar-refractivity contribution is 8.00. The molecule has 1 aromatic carbocycles. The van der Waals surface area contributed by atoms with Crippen LogP contribution in [-0.2, 0) is 6.54 Å². The molecule has 21 heavy (non-hydrogen) atoms. The minimum absolute atomic E-state index is 0.428. The summed E-state index contributed by atoms with van der Waals surface area (Å²) < 4.78 is 0.428.